The van der Waals surface area contributed by atoms with Crippen LogP contribution < -0.4 is 5.32 Å². The minimum Gasteiger partial charge on any atom is -0.356 e. The molecule has 0 unspecified atom stereocenters. The van der Waals surface area contributed by atoms with Crippen molar-refractivity contribution in [2.45, 2.75) is 39.7 Å². The van der Waals surface area contributed by atoms with Crippen LogP contribution in [0.4, 0.5) is 5.69 Å². The van der Waals surface area contributed by atoms with Crippen molar-refractivity contribution in [3.8, 4) is 0 Å². The number of amides is 1. The molecule has 1 rings (SSSR count). The van der Waals surface area contributed by atoms with Gasteiger partial charge in [0.1, 0.15) is 11.4 Å². The van der Waals surface area contributed by atoms with Crippen molar-refractivity contribution < 1.29 is 14.5 Å². The summed E-state index contributed by atoms with van der Waals surface area (Å²) in [6.07, 6.45) is 0.860. The number of nitrogens with zero attached hydrogens (tertiary/aromatic N) is 3. The lowest BCUT2D eigenvalue weighted by molar-refractivity contribution is -0.386. The van der Waals surface area contributed by atoms with E-state index in [4.69, 9.17) is 11.6 Å². The first-order valence-electron chi connectivity index (χ1n) is 6.46. The van der Waals surface area contributed by atoms with Crippen molar-refractivity contribution in [2.75, 3.05) is 6.54 Å². The van der Waals surface area contributed by atoms with Crippen molar-refractivity contribution in [2.24, 2.45) is 0 Å². The summed E-state index contributed by atoms with van der Waals surface area (Å²) in [5.74, 6) is -0.202. The fourth-order valence-electron chi connectivity index (χ4n) is 1.92. The highest BCUT2D eigenvalue weighted by Gasteiger charge is 2.21. The van der Waals surface area contributed by atoms with Gasteiger partial charge in [-0.25, -0.2) is 0 Å². The molecule has 0 saturated carbocycles. The number of halogens is 1. The maximum Gasteiger partial charge on any atom is 0.312 e. The SMILES string of the molecule is Cc1nn(CCC(=O)NCCCC(=O)Cl)c(C)c1[N+](=O)[O-]. The molecule has 0 atom stereocenters. The number of hydrogen-bond acceptors (Lipinski definition) is 5. The maximum atomic E-state index is 11.6. The standard InChI is InChI=1S/C12H17ClN4O4/c1-8-12(17(20)21)9(2)16(15-8)7-5-11(19)14-6-3-4-10(13)18/h3-7H2,1-2H3,(H,14,19). The lowest BCUT2D eigenvalue weighted by atomic mass is 10.3. The Morgan fingerprint density at radius 3 is 2.57 bits per heavy atom. The topological polar surface area (TPSA) is 107 Å². The van der Waals surface area contributed by atoms with E-state index < -0.39 is 10.2 Å². The number of carbonyl (C=O) groups excluding carboxylic acids is 2. The molecule has 8 nitrogen and oxygen atoms in total. The minimum atomic E-state index is -0.475. The quantitative estimate of drug-likeness (QED) is 0.338. The van der Waals surface area contributed by atoms with Crippen molar-refractivity contribution in [3.05, 3.63) is 21.5 Å². The summed E-state index contributed by atoms with van der Waals surface area (Å²) in [6, 6.07) is 0. The first kappa shape index (κ1) is 17.1. The molecule has 1 N–H and O–H groups in total. The van der Waals surface area contributed by atoms with Gasteiger partial charge >= 0.3 is 5.69 Å². The first-order valence-corrected chi connectivity index (χ1v) is 6.84. The zero-order valence-electron chi connectivity index (χ0n) is 11.9. The van der Waals surface area contributed by atoms with Crippen LogP contribution in [0, 0.1) is 24.0 Å². The van der Waals surface area contributed by atoms with Gasteiger partial charge in [-0.2, -0.15) is 5.10 Å². The number of rotatable bonds is 8. The van der Waals surface area contributed by atoms with Gasteiger partial charge in [-0.05, 0) is 31.9 Å². The average Bonchev–Trinajstić information content (AvgIpc) is 2.66. The van der Waals surface area contributed by atoms with E-state index in [2.05, 4.69) is 10.4 Å². The third-order valence-electron chi connectivity index (χ3n) is 2.95. The molecule has 1 amide bonds. The van der Waals surface area contributed by atoms with Gasteiger partial charge in [0.15, 0.2) is 0 Å². The molecule has 1 aromatic rings. The lowest BCUT2D eigenvalue weighted by Gasteiger charge is -2.05. The Morgan fingerprint density at radius 2 is 2.05 bits per heavy atom. The second-order valence-electron chi connectivity index (χ2n) is 4.56. The molecule has 21 heavy (non-hydrogen) atoms. The Bertz CT molecular complexity index is 556. The molecule has 0 saturated heterocycles. The van der Waals surface area contributed by atoms with Crippen LogP contribution in [0.1, 0.15) is 30.7 Å². The van der Waals surface area contributed by atoms with Crippen molar-refractivity contribution in [1.29, 1.82) is 0 Å². The van der Waals surface area contributed by atoms with E-state index in [0.717, 1.165) is 0 Å². The molecule has 0 fully saturated rings. The van der Waals surface area contributed by atoms with Gasteiger partial charge in [-0.3, -0.25) is 24.4 Å². The van der Waals surface area contributed by atoms with Crippen LogP contribution in [0.5, 0.6) is 0 Å². The van der Waals surface area contributed by atoms with Crippen LogP contribution in [0.2, 0.25) is 0 Å². The summed E-state index contributed by atoms with van der Waals surface area (Å²) < 4.78 is 1.45. The average molecular weight is 317 g/mol. The molecular formula is C12H17ClN4O4. The summed E-state index contributed by atoms with van der Waals surface area (Å²) in [5.41, 5.74) is 0.743. The zero-order chi connectivity index (χ0) is 16.0. The molecule has 0 aliphatic heterocycles. The van der Waals surface area contributed by atoms with E-state index in [1.54, 1.807) is 13.8 Å². The van der Waals surface area contributed by atoms with E-state index in [1.165, 1.54) is 4.68 Å². The molecule has 0 spiro atoms. The fourth-order valence-corrected chi connectivity index (χ4v) is 2.05. The number of aryl methyl sites for hydroxylation is 2. The highest BCUT2D eigenvalue weighted by Crippen LogP contribution is 2.21. The van der Waals surface area contributed by atoms with Crippen LogP contribution in [0.3, 0.4) is 0 Å². The smallest absolute Gasteiger partial charge is 0.312 e. The van der Waals surface area contributed by atoms with E-state index >= 15 is 0 Å². The summed E-state index contributed by atoms with van der Waals surface area (Å²) in [7, 11) is 0. The summed E-state index contributed by atoms with van der Waals surface area (Å²) in [5, 5.41) is 17.1. The number of carbonyl (C=O) groups is 2. The van der Waals surface area contributed by atoms with Gasteiger partial charge in [0, 0.05) is 19.4 Å². The van der Waals surface area contributed by atoms with Gasteiger partial charge in [0.25, 0.3) is 0 Å². The molecule has 1 aromatic heterocycles. The Hall–Kier alpha value is -1.96. The molecule has 0 aliphatic rings. The normalized spacial score (nSPS) is 10.4. The van der Waals surface area contributed by atoms with Crippen molar-refractivity contribution in [1.82, 2.24) is 15.1 Å². The second-order valence-corrected chi connectivity index (χ2v) is 4.98. The number of nitro groups is 1. The number of aromatic nitrogens is 2. The number of hydrogen-bond donors (Lipinski definition) is 1. The molecule has 0 aliphatic carbocycles. The van der Waals surface area contributed by atoms with Crippen LogP contribution in [-0.4, -0.2) is 32.4 Å². The van der Waals surface area contributed by atoms with Gasteiger partial charge in [0.2, 0.25) is 11.1 Å². The van der Waals surface area contributed by atoms with Gasteiger partial charge < -0.3 is 5.32 Å². The van der Waals surface area contributed by atoms with E-state index in [9.17, 15) is 19.7 Å². The van der Waals surface area contributed by atoms with Crippen LogP contribution >= 0.6 is 11.6 Å². The molecule has 0 bridgehead atoms. The first-order chi connectivity index (χ1) is 9.82. The summed E-state index contributed by atoms with van der Waals surface area (Å²) in [6.45, 7) is 3.79. The van der Waals surface area contributed by atoms with E-state index in [0.29, 0.717) is 24.4 Å². The minimum absolute atomic E-state index is 0.0176. The largest absolute Gasteiger partial charge is 0.356 e. The molecule has 0 aromatic carbocycles. The van der Waals surface area contributed by atoms with Crippen molar-refractivity contribution in [3.63, 3.8) is 0 Å². The Morgan fingerprint density at radius 1 is 1.38 bits per heavy atom. The Kier molecular flexibility index (Phi) is 6.29. The zero-order valence-corrected chi connectivity index (χ0v) is 12.6. The van der Waals surface area contributed by atoms with Crippen molar-refractivity contribution >= 4 is 28.4 Å². The monoisotopic (exact) mass is 316 g/mol. The Balaban J connectivity index is 2.45. The maximum absolute atomic E-state index is 11.6. The fraction of sp³-hybridized carbons (Fsp3) is 0.583. The van der Waals surface area contributed by atoms with Crippen LogP contribution in [-0.2, 0) is 16.1 Å². The van der Waals surface area contributed by atoms with Crippen LogP contribution in [0.25, 0.3) is 0 Å². The van der Waals surface area contributed by atoms with Gasteiger partial charge in [-0.15, -0.1) is 0 Å². The third kappa shape index (κ3) is 5.14. The van der Waals surface area contributed by atoms with E-state index in [1.807, 2.05) is 0 Å². The predicted molar refractivity (Wildman–Crippen MR) is 76.1 cm³/mol. The molecule has 9 heteroatoms. The van der Waals surface area contributed by atoms with Gasteiger partial charge in [-0.1, -0.05) is 0 Å². The summed E-state index contributed by atoms with van der Waals surface area (Å²) in [4.78, 5) is 32.5. The van der Waals surface area contributed by atoms with Crippen LogP contribution in [0.15, 0.2) is 0 Å². The molecule has 1 heterocycles. The van der Waals surface area contributed by atoms with Gasteiger partial charge in [0.05, 0.1) is 11.5 Å². The molecule has 116 valence electrons. The highest BCUT2D eigenvalue weighted by atomic mass is 35.5. The summed E-state index contributed by atoms with van der Waals surface area (Å²) >= 11 is 5.18. The highest BCUT2D eigenvalue weighted by molar-refractivity contribution is 6.63. The molecular weight excluding hydrogens is 300 g/mol. The lowest BCUT2D eigenvalue weighted by Crippen LogP contribution is -2.26. The number of nitrogens with one attached hydrogen (secondary N) is 1. The third-order valence-corrected chi connectivity index (χ3v) is 3.14. The molecule has 0 radical (unpaired) electrons. The van der Waals surface area contributed by atoms with E-state index in [-0.39, 0.29) is 31.0 Å². The second kappa shape index (κ2) is 7.72. The predicted octanol–water partition coefficient (Wildman–Crippen LogP) is 1.46. The Labute approximate surface area is 126 Å².